The molecule has 0 radical (unpaired) electrons. The molecule has 1 aromatic carbocycles. The highest BCUT2D eigenvalue weighted by molar-refractivity contribution is 5.53. The highest BCUT2D eigenvalue weighted by Gasteiger charge is 2.17. The van der Waals surface area contributed by atoms with Gasteiger partial charge >= 0.3 is 0 Å². The Hall–Kier alpha value is -1.06. The van der Waals surface area contributed by atoms with Crippen LogP contribution in [0.4, 0.5) is 5.69 Å². The molecule has 1 fully saturated rings. The number of rotatable bonds is 4. The number of hydrogen-bond acceptors (Lipinski definition) is 3. The molecule has 3 heteroatoms. The van der Waals surface area contributed by atoms with Gasteiger partial charge in [0.05, 0.1) is 0 Å². The molecule has 0 unspecified atom stereocenters. The van der Waals surface area contributed by atoms with Crippen LogP contribution in [0.2, 0.25) is 0 Å². The molecule has 1 aromatic rings. The van der Waals surface area contributed by atoms with Crippen LogP contribution in [0.25, 0.3) is 0 Å². The van der Waals surface area contributed by atoms with E-state index >= 15 is 0 Å². The summed E-state index contributed by atoms with van der Waals surface area (Å²) in [7, 11) is 2.02. The van der Waals surface area contributed by atoms with Crippen molar-refractivity contribution in [3.8, 4) is 0 Å². The largest absolute Gasteiger partial charge is 0.369 e. The molecule has 1 N–H and O–H groups in total. The second kappa shape index (κ2) is 6.03. The summed E-state index contributed by atoms with van der Waals surface area (Å²) in [5, 5.41) is 3.21. The zero-order valence-corrected chi connectivity index (χ0v) is 10.9. The van der Waals surface area contributed by atoms with Gasteiger partial charge in [0.25, 0.3) is 0 Å². The van der Waals surface area contributed by atoms with Crippen molar-refractivity contribution >= 4 is 5.69 Å². The van der Waals surface area contributed by atoms with Crippen molar-refractivity contribution in [1.29, 1.82) is 0 Å². The SMILES string of the molecule is CNCCN1CCN(c2ccccc2C)CC1. The predicted octanol–water partition coefficient (Wildman–Crippen LogP) is 1.34. The van der Waals surface area contributed by atoms with Gasteiger partial charge in [0.2, 0.25) is 0 Å². The molecule has 1 heterocycles. The van der Waals surface area contributed by atoms with E-state index in [-0.39, 0.29) is 0 Å². The predicted molar refractivity (Wildman–Crippen MR) is 73.8 cm³/mol. The molecular weight excluding hydrogens is 210 g/mol. The molecule has 0 aromatic heterocycles. The van der Waals surface area contributed by atoms with Crippen LogP contribution in [-0.4, -0.2) is 51.2 Å². The van der Waals surface area contributed by atoms with Crippen molar-refractivity contribution in [2.75, 3.05) is 51.2 Å². The van der Waals surface area contributed by atoms with Gasteiger partial charge in [0.15, 0.2) is 0 Å². The van der Waals surface area contributed by atoms with E-state index in [1.165, 1.54) is 24.3 Å². The molecule has 0 saturated carbocycles. The van der Waals surface area contributed by atoms with Crippen LogP contribution in [-0.2, 0) is 0 Å². The maximum Gasteiger partial charge on any atom is 0.0396 e. The quantitative estimate of drug-likeness (QED) is 0.846. The third-order valence-electron chi connectivity index (χ3n) is 3.51. The molecule has 2 rings (SSSR count). The molecule has 3 nitrogen and oxygen atoms in total. The second-order valence-electron chi connectivity index (χ2n) is 4.72. The minimum Gasteiger partial charge on any atom is -0.369 e. The normalized spacial score (nSPS) is 17.4. The Morgan fingerprint density at radius 3 is 2.47 bits per heavy atom. The Morgan fingerprint density at radius 1 is 1.12 bits per heavy atom. The van der Waals surface area contributed by atoms with Gasteiger partial charge in [-0.3, -0.25) is 4.90 Å². The van der Waals surface area contributed by atoms with Gasteiger partial charge < -0.3 is 10.2 Å². The van der Waals surface area contributed by atoms with Crippen LogP contribution >= 0.6 is 0 Å². The maximum atomic E-state index is 3.21. The van der Waals surface area contributed by atoms with Crippen LogP contribution in [0.15, 0.2) is 24.3 Å². The fourth-order valence-electron chi connectivity index (χ4n) is 2.40. The van der Waals surface area contributed by atoms with Crippen molar-refractivity contribution in [3.05, 3.63) is 29.8 Å². The lowest BCUT2D eigenvalue weighted by Gasteiger charge is -2.36. The summed E-state index contributed by atoms with van der Waals surface area (Å²) in [5.74, 6) is 0. The summed E-state index contributed by atoms with van der Waals surface area (Å²) in [6, 6.07) is 8.68. The monoisotopic (exact) mass is 233 g/mol. The van der Waals surface area contributed by atoms with Gasteiger partial charge in [-0.25, -0.2) is 0 Å². The Morgan fingerprint density at radius 2 is 1.82 bits per heavy atom. The van der Waals surface area contributed by atoms with E-state index in [1.54, 1.807) is 0 Å². The molecular formula is C14H23N3. The first-order valence-electron chi connectivity index (χ1n) is 6.49. The van der Waals surface area contributed by atoms with Crippen LogP contribution in [0, 0.1) is 6.92 Å². The minimum atomic E-state index is 1.09. The first kappa shape index (κ1) is 12.4. The Labute approximate surface area is 104 Å². The third kappa shape index (κ3) is 3.20. The maximum absolute atomic E-state index is 3.21. The number of piperazine rings is 1. The van der Waals surface area contributed by atoms with E-state index < -0.39 is 0 Å². The molecule has 1 aliphatic heterocycles. The second-order valence-corrected chi connectivity index (χ2v) is 4.72. The minimum absolute atomic E-state index is 1.09. The molecule has 17 heavy (non-hydrogen) atoms. The lowest BCUT2D eigenvalue weighted by molar-refractivity contribution is 0.259. The van der Waals surface area contributed by atoms with Crippen molar-refractivity contribution in [3.63, 3.8) is 0 Å². The van der Waals surface area contributed by atoms with E-state index in [0.29, 0.717) is 0 Å². The van der Waals surface area contributed by atoms with Crippen LogP contribution in [0.1, 0.15) is 5.56 Å². The highest BCUT2D eigenvalue weighted by Crippen LogP contribution is 2.20. The molecule has 1 saturated heterocycles. The molecule has 1 aliphatic rings. The number of hydrogen-bond donors (Lipinski definition) is 1. The summed E-state index contributed by atoms with van der Waals surface area (Å²) in [6.45, 7) is 9.10. The summed E-state index contributed by atoms with van der Waals surface area (Å²) < 4.78 is 0. The van der Waals surface area contributed by atoms with Crippen LogP contribution in [0.3, 0.4) is 0 Å². The van der Waals surface area contributed by atoms with Crippen molar-refractivity contribution in [2.24, 2.45) is 0 Å². The van der Waals surface area contributed by atoms with E-state index in [9.17, 15) is 0 Å². The van der Waals surface area contributed by atoms with Gasteiger partial charge in [-0.05, 0) is 25.6 Å². The van der Waals surface area contributed by atoms with Gasteiger partial charge in [-0.15, -0.1) is 0 Å². The molecule has 0 atom stereocenters. The van der Waals surface area contributed by atoms with Gasteiger partial charge in [-0.1, -0.05) is 18.2 Å². The number of para-hydroxylation sites is 1. The van der Waals surface area contributed by atoms with E-state index in [0.717, 1.165) is 26.2 Å². The Balaban J connectivity index is 1.89. The van der Waals surface area contributed by atoms with E-state index in [4.69, 9.17) is 0 Å². The number of likely N-dealkylation sites (N-methyl/N-ethyl adjacent to an activating group) is 1. The smallest absolute Gasteiger partial charge is 0.0396 e. The number of anilines is 1. The molecule has 0 amide bonds. The van der Waals surface area contributed by atoms with Gasteiger partial charge in [0, 0.05) is 45.0 Å². The summed E-state index contributed by atoms with van der Waals surface area (Å²) in [4.78, 5) is 5.04. The molecule has 94 valence electrons. The van der Waals surface area contributed by atoms with Crippen molar-refractivity contribution in [1.82, 2.24) is 10.2 Å². The van der Waals surface area contributed by atoms with Crippen molar-refractivity contribution in [2.45, 2.75) is 6.92 Å². The van der Waals surface area contributed by atoms with Gasteiger partial charge in [-0.2, -0.15) is 0 Å². The fraction of sp³-hybridized carbons (Fsp3) is 0.571. The van der Waals surface area contributed by atoms with E-state index in [1.807, 2.05) is 7.05 Å². The lowest BCUT2D eigenvalue weighted by Crippen LogP contribution is -2.48. The molecule has 0 bridgehead atoms. The Kier molecular flexibility index (Phi) is 4.40. The number of nitrogens with zero attached hydrogens (tertiary/aromatic N) is 2. The van der Waals surface area contributed by atoms with E-state index in [2.05, 4.69) is 46.3 Å². The summed E-state index contributed by atoms with van der Waals surface area (Å²) in [5.41, 5.74) is 2.79. The van der Waals surface area contributed by atoms with Crippen molar-refractivity contribution < 1.29 is 0 Å². The topological polar surface area (TPSA) is 18.5 Å². The summed E-state index contributed by atoms with van der Waals surface area (Å²) >= 11 is 0. The first-order valence-corrected chi connectivity index (χ1v) is 6.49. The molecule has 0 aliphatic carbocycles. The zero-order valence-electron chi connectivity index (χ0n) is 10.9. The highest BCUT2D eigenvalue weighted by atomic mass is 15.3. The summed E-state index contributed by atoms with van der Waals surface area (Å²) in [6.07, 6.45) is 0. The third-order valence-corrected chi connectivity index (χ3v) is 3.51. The zero-order chi connectivity index (χ0) is 12.1. The van der Waals surface area contributed by atoms with Crippen LogP contribution < -0.4 is 10.2 Å². The standard InChI is InChI=1S/C14H23N3/c1-13-5-3-4-6-14(13)17-11-9-16(10-12-17)8-7-15-2/h3-6,15H,7-12H2,1-2H3. The van der Waals surface area contributed by atoms with Crippen LogP contribution in [0.5, 0.6) is 0 Å². The van der Waals surface area contributed by atoms with Gasteiger partial charge in [0.1, 0.15) is 0 Å². The fourth-order valence-corrected chi connectivity index (χ4v) is 2.40. The number of benzene rings is 1. The molecule has 0 spiro atoms. The Bertz CT molecular complexity index is 343. The number of nitrogens with one attached hydrogen (secondary N) is 1. The first-order chi connectivity index (χ1) is 8.31. The average molecular weight is 233 g/mol. The lowest BCUT2D eigenvalue weighted by atomic mass is 10.1. The number of aryl methyl sites for hydroxylation is 1. The average Bonchev–Trinajstić information content (AvgIpc) is 2.38.